The summed E-state index contributed by atoms with van der Waals surface area (Å²) in [5.41, 5.74) is 0. The molecular formula is C14H22N4O2. The molecule has 20 heavy (non-hydrogen) atoms. The second-order valence-electron chi connectivity index (χ2n) is 6.02. The predicted molar refractivity (Wildman–Crippen MR) is 74.6 cm³/mol. The maximum absolute atomic E-state index is 11.9. The third-order valence-electron chi connectivity index (χ3n) is 4.16. The Kier molecular flexibility index (Phi) is 3.63. The van der Waals surface area contributed by atoms with Crippen LogP contribution in [0.15, 0.2) is 4.52 Å². The molecule has 1 atom stereocenters. The van der Waals surface area contributed by atoms with Crippen LogP contribution in [0.25, 0.3) is 0 Å². The maximum atomic E-state index is 11.9. The fraction of sp³-hybridized carbons (Fsp3) is 0.786. The second kappa shape index (κ2) is 5.42. The number of hydrogen-bond acceptors (Lipinski definition) is 5. The van der Waals surface area contributed by atoms with Crippen LogP contribution in [0.5, 0.6) is 0 Å². The first-order valence-corrected chi connectivity index (χ1v) is 7.53. The molecule has 0 spiro atoms. The van der Waals surface area contributed by atoms with E-state index >= 15 is 0 Å². The van der Waals surface area contributed by atoms with E-state index in [2.05, 4.69) is 15.0 Å². The van der Waals surface area contributed by atoms with Crippen molar-refractivity contribution in [1.29, 1.82) is 0 Å². The Morgan fingerprint density at radius 3 is 2.80 bits per heavy atom. The molecule has 2 saturated heterocycles. The highest BCUT2D eigenvalue weighted by atomic mass is 16.5. The third kappa shape index (κ3) is 2.51. The van der Waals surface area contributed by atoms with Gasteiger partial charge in [-0.05, 0) is 24.4 Å². The summed E-state index contributed by atoms with van der Waals surface area (Å²) in [5.74, 6) is 1.90. The summed E-state index contributed by atoms with van der Waals surface area (Å²) >= 11 is 0. The van der Waals surface area contributed by atoms with E-state index in [-0.39, 0.29) is 5.92 Å². The molecule has 3 rings (SSSR count). The van der Waals surface area contributed by atoms with E-state index in [1.165, 1.54) is 0 Å². The van der Waals surface area contributed by atoms with E-state index in [0.717, 1.165) is 38.9 Å². The first-order chi connectivity index (χ1) is 9.65. The molecule has 0 aliphatic carbocycles. The van der Waals surface area contributed by atoms with Crippen LogP contribution >= 0.6 is 0 Å². The van der Waals surface area contributed by atoms with Gasteiger partial charge in [-0.15, -0.1) is 0 Å². The quantitative estimate of drug-likeness (QED) is 0.843. The van der Waals surface area contributed by atoms with Crippen LogP contribution in [0.1, 0.15) is 51.3 Å². The molecular weight excluding hydrogens is 256 g/mol. The van der Waals surface area contributed by atoms with Gasteiger partial charge in [-0.25, -0.2) is 0 Å². The molecule has 2 fully saturated rings. The number of nitrogens with zero attached hydrogens (tertiary/aromatic N) is 4. The van der Waals surface area contributed by atoms with Gasteiger partial charge in [0.15, 0.2) is 0 Å². The summed E-state index contributed by atoms with van der Waals surface area (Å²) in [6, 6.07) is 0.305. The number of rotatable bonds is 3. The third-order valence-corrected chi connectivity index (χ3v) is 4.16. The zero-order chi connectivity index (χ0) is 14.1. The number of likely N-dealkylation sites (tertiary alicyclic amines) is 1. The minimum Gasteiger partial charge on any atom is -0.338 e. The molecule has 0 N–H and O–H groups in total. The standard InChI is InChI=1S/C14H22N4O2/c1-10(2)13-15-14(16-20-13)17-7-3-5-11(9-17)18-8-4-6-12(18)19/h10-11H,3-9H2,1-2H3/t11-/m1/s1. The number of carbonyl (C=O) groups excluding carboxylic acids is 1. The van der Waals surface area contributed by atoms with Crippen LogP contribution in [-0.2, 0) is 4.79 Å². The van der Waals surface area contributed by atoms with Crippen molar-refractivity contribution in [2.45, 2.75) is 51.5 Å². The van der Waals surface area contributed by atoms with Crippen molar-refractivity contribution < 1.29 is 9.32 Å². The van der Waals surface area contributed by atoms with Crippen LogP contribution in [0.4, 0.5) is 5.95 Å². The fourth-order valence-corrected chi connectivity index (χ4v) is 3.04. The summed E-state index contributed by atoms with van der Waals surface area (Å²) in [5, 5.41) is 4.08. The normalized spacial score (nSPS) is 23.9. The van der Waals surface area contributed by atoms with Gasteiger partial charge in [-0.1, -0.05) is 13.8 Å². The molecule has 1 aromatic heterocycles. The SMILES string of the molecule is CC(C)c1nc(N2CCC[C@@H](N3CCCC3=O)C2)no1. The van der Waals surface area contributed by atoms with Crippen molar-refractivity contribution in [1.82, 2.24) is 15.0 Å². The lowest BCUT2D eigenvalue weighted by Gasteiger charge is -2.36. The minimum absolute atomic E-state index is 0.247. The predicted octanol–water partition coefficient (Wildman–Crippen LogP) is 1.78. The Morgan fingerprint density at radius 2 is 2.15 bits per heavy atom. The summed E-state index contributed by atoms with van der Waals surface area (Å²) in [7, 11) is 0. The highest BCUT2D eigenvalue weighted by Crippen LogP contribution is 2.24. The molecule has 2 aliphatic heterocycles. The van der Waals surface area contributed by atoms with Crippen molar-refractivity contribution >= 4 is 11.9 Å². The number of anilines is 1. The van der Waals surface area contributed by atoms with Gasteiger partial charge in [0, 0.05) is 38.0 Å². The molecule has 1 amide bonds. The molecule has 6 nitrogen and oxygen atoms in total. The Morgan fingerprint density at radius 1 is 1.30 bits per heavy atom. The first-order valence-electron chi connectivity index (χ1n) is 7.53. The lowest BCUT2D eigenvalue weighted by molar-refractivity contribution is -0.129. The van der Waals surface area contributed by atoms with Crippen molar-refractivity contribution in [2.75, 3.05) is 24.5 Å². The van der Waals surface area contributed by atoms with Gasteiger partial charge in [0.2, 0.25) is 11.8 Å². The zero-order valence-electron chi connectivity index (χ0n) is 12.2. The molecule has 0 radical (unpaired) electrons. The molecule has 3 heterocycles. The highest BCUT2D eigenvalue weighted by molar-refractivity contribution is 5.78. The van der Waals surface area contributed by atoms with E-state index in [0.29, 0.717) is 30.2 Å². The zero-order valence-corrected chi connectivity index (χ0v) is 12.2. The van der Waals surface area contributed by atoms with Gasteiger partial charge >= 0.3 is 0 Å². The molecule has 110 valence electrons. The second-order valence-corrected chi connectivity index (χ2v) is 6.02. The monoisotopic (exact) mass is 278 g/mol. The summed E-state index contributed by atoms with van der Waals surface area (Å²) in [6.07, 6.45) is 3.85. The number of hydrogen-bond donors (Lipinski definition) is 0. The average molecular weight is 278 g/mol. The first kappa shape index (κ1) is 13.4. The fourth-order valence-electron chi connectivity index (χ4n) is 3.04. The topological polar surface area (TPSA) is 62.5 Å². The molecule has 1 aromatic rings. The molecule has 6 heteroatoms. The van der Waals surface area contributed by atoms with E-state index < -0.39 is 0 Å². The molecule has 0 aromatic carbocycles. The van der Waals surface area contributed by atoms with Gasteiger partial charge in [-0.2, -0.15) is 4.98 Å². The van der Waals surface area contributed by atoms with E-state index in [4.69, 9.17) is 4.52 Å². The van der Waals surface area contributed by atoms with Gasteiger partial charge in [0.25, 0.3) is 5.95 Å². The molecule has 0 unspecified atom stereocenters. The van der Waals surface area contributed by atoms with Gasteiger partial charge in [-0.3, -0.25) is 4.79 Å². The van der Waals surface area contributed by atoms with Crippen LogP contribution in [0, 0.1) is 0 Å². The number of amides is 1. The summed E-state index contributed by atoms with van der Waals surface area (Å²) < 4.78 is 5.28. The van der Waals surface area contributed by atoms with Gasteiger partial charge in [0.05, 0.1) is 0 Å². The number of piperidine rings is 1. The van der Waals surface area contributed by atoms with Crippen molar-refractivity contribution in [3.63, 3.8) is 0 Å². The number of carbonyl (C=O) groups is 1. The Balaban J connectivity index is 1.69. The summed E-state index contributed by atoms with van der Waals surface area (Å²) in [4.78, 5) is 20.5. The number of aromatic nitrogens is 2. The van der Waals surface area contributed by atoms with Crippen LogP contribution in [0.2, 0.25) is 0 Å². The van der Waals surface area contributed by atoms with E-state index in [9.17, 15) is 4.79 Å². The molecule has 2 aliphatic rings. The minimum atomic E-state index is 0.247. The highest BCUT2D eigenvalue weighted by Gasteiger charge is 2.32. The van der Waals surface area contributed by atoms with Crippen molar-refractivity contribution in [3.8, 4) is 0 Å². The largest absolute Gasteiger partial charge is 0.338 e. The maximum Gasteiger partial charge on any atom is 0.266 e. The van der Waals surface area contributed by atoms with Crippen LogP contribution in [0.3, 0.4) is 0 Å². The van der Waals surface area contributed by atoms with E-state index in [1.807, 2.05) is 18.7 Å². The van der Waals surface area contributed by atoms with Crippen molar-refractivity contribution in [2.24, 2.45) is 0 Å². The molecule has 0 saturated carbocycles. The van der Waals surface area contributed by atoms with Crippen LogP contribution < -0.4 is 4.90 Å². The van der Waals surface area contributed by atoms with Crippen LogP contribution in [-0.4, -0.2) is 46.6 Å². The molecule has 0 bridgehead atoms. The van der Waals surface area contributed by atoms with Crippen molar-refractivity contribution in [3.05, 3.63) is 5.89 Å². The van der Waals surface area contributed by atoms with Gasteiger partial charge in [0.1, 0.15) is 0 Å². The Labute approximate surface area is 119 Å². The Hall–Kier alpha value is -1.59. The lowest BCUT2D eigenvalue weighted by atomic mass is 10.0. The average Bonchev–Trinajstić information content (AvgIpc) is 3.07. The smallest absolute Gasteiger partial charge is 0.266 e. The van der Waals surface area contributed by atoms with Gasteiger partial charge < -0.3 is 14.3 Å². The lowest BCUT2D eigenvalue weighted by Crippen LogP contribution is -2.48. The van der Waals surface area contributed by atoms with E-state index in [1.54, 1.807) is 0 Å². The Bertz CT molecular complexity index is 485. The summed E-state index contributed by atoms with van der Waals surface area (Å²) in [6.45, 7) is 6.75.